The molecule has 1 aromatic rings. The first-order valence-electron chi connectivity index (χ1n) is 6.78. The molecule has 1 amide bonds. The molecule has 0 spiro atoms. The average Bonchev–Trinajstić information content (AvgIpc) is 2.40. The van der Waals surface area contributed by atoms with Crippen LogP contribution in [0.15, 0.2) is 24.3 Å². The normalized spacial score (nSPS) is 11.2. The second-order valence-electron chi connectivity index (χ2n) is 5.13. The smallest absolute Gasteiger partial charge is 0.327 e. The van der Waals surface area contributed by atoms with E-state index in [1.54, 1.807) is 26.0 Å². The minimum absolute atomic E-state index is 0.0832. The summed E-state index contributed by atoms with van der Waals surface area (Å²) in [5.41, 5.74) is 0.239. The second kappa shape index (κ2) is 8.16. The number of nitrogens with one attached hydrogen (secondary N) is 1. The molecular weight excluding hydrogens is 344 g/mol. The first kappa shape index (κ1) is 19.2. The third-order valence-electron chi connectivity index (χ3n) is 2.58. The SMILES string of the molecule is CC(C)NC(=O)COC(=O)CN(c1cccc(Cl)c1)S(C)(=O)=O. The summed E-state index contributed by atoms with van der Waals surface area (Å²) in [6, 6.07) is 5.99. The van der Waals surface area contributed by atoms with Gasteiger partial charge in [0.15, 0.2) is 6.61 Å². The van der Waals surface area contributed by atoms with Crippen LogP contribution >= 0.6 is 11.6 Å². The Hall–Kier alpha value is -1.80. The van der Waals surface area contributed by atoms with E-state index in [2.05, 4.69) is 5.32 Å². The molecule has 1 rings (SSSR count). The van der Waals surface area contributed by atoms with Crippen molar-refractivity contribution in [2.75, 3.05) is 23.7 Å². The van der Waals surface area contributed by atoms with E-state index >= 15 is 0 Å². The van der Waals surface area contributed by atoms with Crippen molar-refractivity contribution < 1.29 is 22.7 Å². The number of hydrogen-bond donors (Lipinski definition) is 1. The van der Waals surface area contributed by atoms with E-state index in [1.165, 1.54) is 12.1 Å². The summed E-state index contributed by atoms with van der Waals surface area (Å²) in [5.74, 6) is -1.30. The van der Waals surface area contributed by atoms with Gasteiger partial charge in [-0.1, -0.05) is 17.7 Å². The van der Waals surface area contributed by atoms with Crippen LogP contribution in [-0.2, 0) is 24.3 Å². The van der Waals surface area contributed by atoms with Crippen LogP contribution < -0.4 is 9.62 Å². The largest absolute Gasteiger partial charge is 0.454 e. The van der Waals surface area contributed by atoms with Gasteiger partial charge in [0.1, 0.15) is 6.54 Å². The zero-order chi connectivity index (χ0) is 17.6. The zero-order valence-corrected chi connectivity index (χ0v) is 14.6. The highest BCUT2D eigenvalue weighted by Crippen LogP contribution is 2.21. The van der Waals surface area contributed by atoms with Crippen LogP contribution in [-0.4, -0.2) is 45.7 Å². The summed E-state index contributed by atoms with van der Waals surface area (Å²) in [7, 11) is -3.71. The van der Waals surface area contributed by atoms with Crippen molar-refractivity contribution in [2.24, 2.45) is 0 Å². The summed E-state index contributed by atoms with van der Waals surface area (Å²) in [6.45, 7) is 2.52. The Labute approximate surface area is 140 Å². The zero-order valence-electron chi connectivity index (χ0n) is 13.1. The van der Waals surface area contributed by atoms with Crippen molar-refractivity contribution in [3.05, 3.63) is 29.3 Å². The number of sulfonamides is 1. The molecule has 1 aromatic carbocycles. The molecule has 0 heterocycles. The van der Waals surface area contributed by atoms with E-state index in [9.17, 15) is 18.0 Å². The molecule has 7 nitrogen and oxygen atoms in total. The number of carbonyl (C=O) groups is 2. The van der Waals surface area contributed by atoms with Crippen LogP contribution in [0.2, 0.25) is 5.02 Å². The Kier molecular flexibility index (Phi) is 6.83. The van der Waals surface area contributed by atoms with Crippen LogP contribution in [0.1, 0.15) is 13.8 Å². The standard InChI is InChI=1S/C14H19ClN2O5S/c1-10(2)16-13(18)9-22-14(19)8-17(23(3,20)21)12-6-4-5-11(15)7-12/h4-7,10H,8-9H2,1-3H3,(H,16,18). The van der Waals surface area contributed by atoms with Crippen molar-refractivity contribution >= 4 is 39.2 Å². The average molecular weight is 363 g/mol. The highest BCUT2D eigenvalue weighted by atomic mass is 35.5. The van der Waals surface area contributed by atoms with Crippen molar-refractivity contribution in [3.8, 4) is 0 Å². The third-order valence-corrected chi connectivity index (χ3v) is 3.96. The Bertz CT molecular complexity index is 676. The van der Waals surface area contributed by atoms with Gasteiger partial charge in [-0.05, 0) is 32.0 Å². The third kappa shape index (κ3) is 6.87. The Morgan fingerprint density at radius 1 is 1.35 bits per heavy atom. The van der Waals surface area contributed by atoms with Crippen LogP contribution in [0.25, 0.3) is 0 Å². The van der Waals surface area contributed by atoms with Gasteiger partial charge in [0.05, 0.1) is 11.9 Å². The number of rotatable bonds is 7. The molecule has 23 heavy (non-hydrogen) atoms. The van der Waals surface area contributed by atoms with Gasteiger partial charge in [0, 0.05) is 11.1 Å². The molecule has 0 saturated carbocycles. The molecule has 0 saturated heterocycles. The van der Waals surface area contributed by atoms with E-state index in [1.807, 2.05) is 0 Å². The van der Waals surface area contributed by atoms with Gasteiger partial charge in [0.25, 0.3) is 5.91 Å². The van der Waals surface area contributed by atoms with Gasteiger partial charge in [-0.15, -0.1) is 0 Å². The Morgan fingerprint density at radius 2 is 2.00 bits per heavy atom. The molecule has 0 atom stereocenters. The van der Waals surface area contributed by atoms with E-state index in [0.29, 0.717) is 5.02 Å². The molecule has 0 aliphatic heterocycles. The number of esters is 1. The highest BCUT2D eigenvalue weighted by Gasteiger charge is 2.22. The minimum atomic E-state index is -3.71. The Balaban J connectivity index is 2.76. The van der Waals surface area contributed by atoms with Crippen molar-refractivity contribution in [2.45, 2.75) is 19.9 Å². The van der Waals surface area contributed by atoms with E-state index in [4.69, 9.17) is 16.3 Å². The maximum absolute atomic E-state index is 11.9. The maximum Gasteiger partial charge on any atom is 0.327 e. The summed E-state index contributed by atoms with van der Waals surface area (Å²) in [6.07, 6.45) is 0.965. The summed E-state index contributed by atoms with van der Waals surface area (Å²) in [4.78, 5) is 23.2. The lowest BCUT2D eigenvalue weighted by atomic mass is 10.3. The Morgan fingerprint density at radius 3 is 2.52 bits per heavy atom. The molecule has 0 aliphatic carbocycles. The molecule has 0 fully saturated rings. The maximum atomic E-state index is 11.9. The molecule has 9 heteroatoms. The molecule has 0 bridgehead atoms. The van der Waals surface area contributed by atoms with Crippen LogP contribution in [0.4, 0.5) is 5.69 Å². The monoisotopic (exact) mass is 362 g/mol. The van der Waals surface area contributed by atoms with Crippen molar-refractivity contribution in [1.29, 1.82) is 0 Å². The number of halogens is 1. The predicted octanol–water partition coefficient (Wildman–Crippen LogP) is 1.17. The van der Waals surface area contributed by atoms with E-state index in [-0.39, 0.29) is 11.7 Å². The number of amides is 1. The van der Waals surface area contributed by atoms with E-state index < -0.39 is 35.1 Å². The van der Waals surface area contributed by atoms with E-state index in [0.717, 1.165) is 10.6 Å². The molecular formula is C14H19ClN2O5S. The number of nitrogens with zero attached hydrogens (tertiary/aromatic N) is 1. The number of anilines is 1. The lowest BCUT2D eigenvalue weighted by Crippen LogP contribution is -2.38. The minimum Gasteiger partial charge on any atom is -0.454 e. The van der Waals surface area contributed by atoms with Crippen LogP contribution in [0.5, 0.6) is 0 Å². The highest BCUT2D eigenvalue weighted by molar-refractivity contribution is 7.92. The fourth-order valence-corrected chi connectivity index (χ4v) is 2.72. The molecule has 0 radical (unpaired) electrons. The second-order valence-corrected chi connectivity index (χ2v) is 7.48. The summed E-state index contributed by atoms with van der Waals surface area (Å²) < 4.78 is 29.4. The number of carbonyl (C=O) groups excluding carboxylic acids is 2. The van der Waals surface area contributed by atoms with Crippen LogP contribution in [0.3, 0.4) is 0 Å². The van der Waals surface area contributed by atoms with Gasteiger partial charge < -0.3 is 10.1 Å². The lowest BCUT2D eigenvalue weighted by molar-refractivity contribution is -0.147. The fourth-order valence-electron chi connectivity index (χ4n) is 1.70. The molecule has 0 aliphatic rings. The van der Waals surface area contributed by atoms with Gasteiger partial charge in [-0.2, -0.15) is 0 Å². The van der Waals surface area contributed by atoms with Gasteiger partial charge in [-0.3, -0.25) is 13.9 Å². The number of ether oxygens (including phenoxy) is 1. The molecule has 0 unspecified atom stereocenters. The molecule has 0 aromatic heterocycles. The van der Waals surface area contributed by atoms with Gasteiger partial charge in [-0.25, -0.2) is 8.42 Å². The topological polar surface area (TPSA) is 92.8 Å². The predicted molar refractivity (Wildman–Crippen MR) is 87.9 cm³/mol. The first-order chi connectivity index (χ1) is 10.6. The van der Waals surface area contributed by atoms with Crippen LogP contribution in [0, 0.1) is 0 Å². The number of benzene rings is 1. The summed E-state index contributed by atoms with van der Waals surface area (Å²) in [5, 5.41) is 2.89. The number of hydrogen-bond acceptors (Lipinski definition) is 5. The molecule has 128 valence electrons. The first-order valence-corrected chi connectivity index (χ1v) is 9.00. The van der Waals surface area contributed by atoms with Gasteiger partial charge >= 0.3 is 5.97 Å². The summed E-state index contributed by atoms with van der Waals surface area (Å²) >= 11 is 5.84. The molecule has 1 N–H and O–H groups in total. The van der Waals surface area contributed by atoms with Crippen molar-refractivity contribution in [3.63, 3.8) is 0 Å². The lowest BCUT2D eigenvalue weighted by Gasteiger charge is -2.21. The van der Waals surface area contributed by atoms with Gasteiger partial charge in [0.2, 0.25) is 10.0 Å². The quantitative estimate of drug-likeness (QED) is 0.735. The van der Waals surface area contributed by atoms with Crippen molar-refractivity contribution in [1.82, 2.24) is 5.32 Å². The fraction of sp³-hybridized carbons (Fsp3) is 0.429.